The summed E-state index contributed by atoms with van der Waals surface area (Å²) in [6.45, 7) is 2.72. The Balaban J connectivity index is 2.04. The van der Waals surface area contributed by atoms with E-state index in [-0.39, 0.29) is 6.04 Å². The summed E-state index contributed by atoms with van der Waals surface area (Å²) in [6.07, 6.45) is 1.78. The van der Waals surface area contributed by atoms with Crippen molar-refractivity contribution >= 4 is 28.9 Å². The smallest absolute Gasteiger partial charge is 0.101 e. The molecule has 4 nitrogen and oxygen atoms in total. The molecule has 0 spiro atoms. The van der Waals surface area contributed by atoms with Gasteiger partial charge in [-0.3, -0.25) is 4.68 Å². The fourth-order valence-corrected chi connectivity index (χ4v) is 3.40. The molecule has 2 aromatic carbocycles. The van der Waals surface area contributed by atoms with Crippen LogP contribution in [0.25, 0.3) is 0 Å². The minimum atomic E-state index is 0.0303. The average Bonchev–Trinajstić information content (AvgIpc) is 3.06. The SMILES string of the molecule is CC(c1ccnn1C)N(Cc1ccccc1Cl)c1ccc(C#N)c(Cl)c1. The third-order valence-electron chi connectivity index (χ3n) is 4.46. The van der Waals surface area contributed by atoms with Gasteiger partial charge in [-0.25, -0.2) is 0 Å². The lowest BCUT2D eigenvalue weighted by atomic mass is 10.1. The van der Waals surface area contributed by atoms with E-state index in [1.54, 1.807) is 12.3 Å². The fourth-order valence-electron chi connectivity index (χ4n) is 2.99. The molecule has 0 saturated carbocycles. The van der Waals surface area contributed by atoms with E-state index in [0.29, 0.717) is 17.1 Å². The van der Waals surface area contributed by atoms with Crippen LogP contribution in [-0.4, -0.2) is 9.78 Å². The van der Waals surface area contributed by atoms with E-state index in [0.717, 1.165) is 22.0 Å². The molecule has 0 fully saturated rings. The Morgan fingerprint density at radius 3 is 2.54 bits per heavy atom. The van der Waals surface area contributed by atoms with Gasteiger partial charge in [0.1, 0.15) is 6.07 Å². The molecule has 1 heterocycles. The van der Waals surface area contributed by atoms with E-state index in [2.05, 4.69) is 23.0 Å². The van der Waals surface area contributed by atoms with Gasteiger partial charge in [0.15, 0.2) is 0 Å². The molecular weight excluding hydrogens is 367 g/mol. The van der Waals surface area contributed by atoms with Crippen LogP contribution in [0.2, 0.25) is 10.0 Å². The van der Waals surface area contributed by atoms with Gasteiger partial charge in [-0.2, -0.15) is 10.4 Å². The normalized spacial score (nSPS) is 11.8. The Morgan fingerprint density at radius 1 is 1.15 bits per heavy atom. The highest BCUT2D eigenvalue weighted by molar-refractivity contribution is 6.32. The molecule has 0 bridgehead atoms. The van der Waals surface area contributed by atoms with Crippen LogP contribution in [0, 0.1) is 11.3 Å². The average molecular weight is 385 g/mol. The quantitative estimate of drug-likeness (QED) is 0.593. The van der Waals surface area contributed by atoms with Crippen LogP contribution in [0.15, 0.2) is 54.7 Å². The Hall–Kier alpha value is -2.48. The maximum Gasteiger partial charge on any atom is 0.101 e. The first-order valence-electron chi connectivity index (χ1n) is 8.19. The lowest BCUT2D eigenvalue weighted by Crippen LogP contribution is -2.28. The fraction of sp³-hybridized carbons (Fsp3) is 0.200. The van der Waals surface area contributed by atoms with E-state index in [9.17, 15) is 0 Å². The number of hydrogen-bond donors (Lipinski definition) is 0. The van der Waals surface area contributed by atoms with Crippen LogP contribution in [0.5, 0.6) is 0 Å². The molecule has 3 rings (SSSR count). The highest BCUT2D eigenvalue weighted by Gasteiger charge is 2.21. The molecule has 1 unspecified atom stereocenters. The second-order valence-corrected chi connectivity index (χ2v) is 6.87. The van der Waals surface area contributed by atoms with Crippen molar-refractivity contribution in [1.29, 1.82) is 5.26 Å². The zero-order valence-corrected chi connectivity index (χ0v) is 16.0. The number of aryl methyl sites for hydroxylation is 1. The summed E-state index contributed by atoms with van der Waals surface area (Å²) in [7, 11) is 1.92. The van der Waals surface area contributed by atoms with Gasteiger partial charge < -0.3 is 4.90 Å². The van der Waals surface area contributed by atoms with E-state index in [1.807, 2.05) is 54.2 Å². The Labute approximate surface area is 163 Å². The number of aromatic nitrogens is 2. The third-order valence-corrected chi connectivity index (χ3v) is 5.14. The van der Waals surface area contributed by atoms with Gasteiger partial charge in [-0.15, -0.1) is 0 Å². The molecule has 6 heteroatoms. The van der Waals surface area contributed by atoms with Gasteiger partial charge >= 0.3 is 0 Å². The van der Waals surface area contributed by atoms with E-state index < -0.39 is 0 Å². The Kier molecular flexibility index (Phi) is 5.51. The molecule has 1 atom stereocenters. The summed E-state index contributed by atoms with van der Waals surface area (Å²) in [5.74, 6) is 0. The maximum atomic E-state index is 9.14. The summed E-state index contributed by atoms with van der Waals surface area (Å²) in [4.78, 5) is 2.20. The van der Waals surface area contributed by atoms with Gasteiger partial charge in [0.25, 0.3) is 0 Å². The summed E-state index contributed by atoms with van der Waals surface area (Å²) < 4.78 is 1.86. The van der Waals surface area contributed by atoms with E-state index in [1.165, 1.54) is 0 Å². The van der Waals surface area contributed by atoms with Crippen molar-refractivity contribution in [3.8, 4) is 6.07 Å². The van der Waals surface area contributed by atoms with E-state index >= 15 is 0 Å². The highest BCUT2D eigenvalue weighted by Crippen LogP contribution is 2.32. The molecular formula is C20H18Cl2N4. The number of nitriles is 1. The van der Waals surface area contributed by atoms with Crippen LogP contribution in [0.3, 0.4) is 0 Å². The lowest BCUT2D eigenvalue weighted by molar-refractivity contribution is 0.597. The van der Waals surface area contributed by atoms with Crippen molar-refractivity contribution in [3.63, 3.8) is 0 Å². The van der Waals surface area contributed by atoms with Crippen molar-refractivity contribution in [2.45, 2.75) is 19.5 Å². The van der Waals surface area contributed by atoms with Crippen molar-refractivity contribution in [2.75, 3.05) is 4.90 Å². The Bertz CT molecular complexity index is 958. The van der Waals surface area contributed by atoms with Crippen molar-refractivity contribution < 1.29 is 0 Å². The molecule has 3 aromatic rings. The predicted molar refractivity (Wildman–Crippen MR) is 105 cm³/mol. The third kappa shape index (κ3) is 3.70. The first kappa shape index (κ1) is 18.3. The van der Waals surface area contributed by atoms with Crippen LogP contribution in [0.4, 0.5) is 5.69 Å². The van der Waals surface area contributed by atoms with Gasteiger partial charge in [0.2, 0.25) is 0 Å². The van der Waals surface area contributed by atoms with Crippen molar-refractivity contribution in [3.05, 3.63) is 81.6 Å². The molecule has 0 aliphatic heterocycles. The first-order valence-corrected chi connectivity index (χ1v) is 8.94. The Morgan fingerprint density at radius 2 is 1.92 bits per heavy atom. The monoisotopic (exact) mass is 384 g/mol. The molecule has 0 saturated heterocycles. The molecule has 0 aliphatic carbocycles. The lowest BCUT2D eigenvalue weighted by Gasteiger charge is -2.32. The number of rotatable bonds is 5. The predicted octanol–water partition coefficient (Wildman–Crippen LogP) is 5.37. The van der Waals surface area contributed by atoms with E-state index in [4.69, 9.17) is 28.5 Å². The molecule has 26 heavy (non-hydrogen) atoms. The highest BCUT2D eigenvalue weighted by atomic mass is 35.5. The van der Waals surface area contributed by atoms with Crippen LogP contribution < -0.4 is 4.90 Å². The molecule has 0 aliphatic rings. The second-order valence-electron chi connectivity index (χ2n) is 6.05. The number of hydrogen-bond acceptors (Lipinski definition) is 3. The zero-order valence-electron chi connectivity index (χ0n) is 14.5. The molecule has 0 radical (unpaired) electrons. The number of halogens is 2. The minimum Gasteiger partial charge on any atom is -0.359 e. The van der Waals surface area contributed by atoms with Gasteiger partial charge in [0, 0.05) is 30.5 Å². The topological polar surface area (TPSA) is 44.9 Å². The minimum absolute atomic E-state index is 0.0303. The summed E-state index contributed by atoms with van der Waals surface area (Å²) in [5, 5.41) is 14.6. The molecule has 0 N–H and O–H groups in total. The van der Waals surface area contributed by atoms with Gasteiger partial charge in [-0.1, -0.05) is 41.4 Å². The van der Waals surface area contributed by atoms with Crippen LogP contribution >= 0.6 is 23.2 Å². The van der Waals surface area contributed by atoms with Crippen molar-refractivity contribution in [2.24, 2.45) is 7.05 Å². The summed E-state index contributed by atoms with van der Waals surface area (Å²) in [5.41, 5.74) is 3.46. The number of nitrogens with zero attached hydrogens (tertiary/aromatic N) is 4. The maximum absolute atomic E-state index is 9.14. The van der Waals surface area contributed by atoms with Gasteiger partial charge in [0.05, 0.1) is 22.3 Å². The summed E-state index contributed by atoms with van der Waals surface area (Å²) >= 11 is 12.7. The summed E-state index contributed by atoms with van der Waals surface area (Å²) in [6, 6.07) is 17.4. The second kappa shape index (κ2) is 7.82. The molecule has 132 valence electrons. The van der Waals surface area contributed by atoms with Crippen LogP contribution in [-0.2, 0) is 13.6 Å². The number of anilines is 1. The number of benzene rings is 2. The molecule has 1 aromatic heterocycles. The molecule has 0 amide bonds. The standard InChI is InChI=1S/C20H18Cl2N4/c1-14(20-9-10-24-25(20)2)26(13-16-5-3-4-6-18(16)21)17-8-7-15(12-23)19(22)11-17/h3-11,14H,13H2,1-2H3. The zero-order chi connectivity index (χ0) is 18.7. The first-order chi connectivity index (χ1) is 12.5. The van der Waals surface area contributed by atoms with Gasteiger partial charge in [-0.05, 0) is 42.8 Å². The van der Waals surface area contributed by atoms with Crippen LogP contribution in [0.1, 0.15) is 29.8 Å². The largest absolute Gasteiger partial charge is 0.359 e. The van der Waals surface area contributed by atoms with Crippen molar-refractivity contribution in [1.82, 2.24) is 9.78 Å².